The van der Waals surface area contributed by atoms with Crippen LogP contribution in [0.2, 0.25) is 0 Å². The molecule has 3 aliphatic rings. The van der Waals surface area contributed by atoms with Crippen LogP contribution in [0.5, 0.6) is 0 Å². The fourth-order valence-electron chi connectivity index (χ4n) is 5.33. The van der Waals surface area contributed by atoms with Gasteiger partial charge in [0.05, 0.1) is 48.8 Å². The number of carbonyl (C=O) groups is 3. The third-order valence-electron chi connectivity index (χ3n) is 7.12. The van der Waals surface area contributed by atoms with Gasteiger partial charge < -0.3 is 24.8 Å². The van der Waals surface area contributed by atoms with E-state index in [1.807, 2.05) is 0 Å². The molecule has 208 valence electrons. The number of anilines is 1. The van der Waals surface area contributed by atoms with E-state index in [9.17, 15) is 14.4 Å². The summed E-state index contributed by atoms with van der Waals surface area (Å²) >= 11 is 0. The molecule has 4 atom stereocenters. The smallest absolute Gasteiger partial charge is 0.414 e. The number of hydrogen-bond donors (Lipinski definition) is 2. The van der Waals surface area contributed by atoms with Crippen molar-refractivity contribution in [1.29, 1.82) is 0 Å². The van der Waals surface area contributed by atoms with Gasteiger partial charge in [0.1, 0.15) is 23.3 Å². The highest BCUT2D eigenvalue weighted by molar-refractivity contribution is 5.90. The number of alkyl carbamates (subject to hydrolysis) is 1. The Bertz CT molecular complexity index is 1280. The summed E-state index contributed by atoms with van der Waals surface area (Å²) in [5.41, 5.74) is -0.999. The van der Waals surface area contributed by atoms with Crippen LogP contribution in [0.3, 0.4) is 0 Å². The van der Waals surface area contributed by atoms with Crippen LogP contribution in [-0.4, -0.2) is 61.1 Å². The first kappa shape index (κ1) is 26.8. The van der Waals surface area contributed by atoms with E-state index in [-0.39, 0.29) is 47.6 Å². The van der Waals surface area contributed by atoms with E-state index in [0.717, 1.165) is 17.0 Å². The highest BCUT2D eigenvalue weighted by atomic mass is 19.1. The van der Waals surface area contributed by atoms with Gasteiger partial charge in [0, 0.05) is 30.5 Å². The summed E-state index contributed by atoms with van der Waals surface area (Å²) in [6, 6.07) is 5.30. The van der Waals surface area contributed by atoms with Gasteiger partial charge in [-0.25, -0.2) is 18.4 Å². The highest BCUT2D eigenvalue weighted by Crippen LogP contribution is 2.60. The number of amides is 3. The average molecular weight is 545 g/mol. The predicted octanol–water partition coefficient (Wildman–Crippen LogP) is 3.48. The molecule has 0 spiro atoms. The number of cyclic esters (lactones) is 1. The molecule has 0 radical (unpaired) electrons. The molecule has 2 N–H and O–H groups in total. The zero-order valence-electron chi connectivity index (χ0n) is 22.0. The third kappa shape index (κ3) is 5.12. The second-order valence-electron chi connectivity index (χ2n) is 11.0. The zero-order chi connectivity index (χ0) is 28.1. The Labute approximate surface area is 224 Å². The summed E-state index contributed by atoms with van der Waals surface area (Å²) in [6.45, 7) is 7.69. The van der Waals surface area contributed by atoms with Crippen LogP contribution in [-0.2, 0) is 24.5 Å². The van der Waals surface area contributed by atoms with Gasteiger partial charge in [-0.3, -0.25) is 14.7 Å². The molecule has 3 fully saturated rings. The van der Waals surface area contributed by atoms with Crippen LogP contribution in [0.1, 0.15) is 33.4 Å². The first-order valence-electron chi connectivity index (χ1n) is 12.7. The first-order valence-corrected chi connectivity index (χ1v) is 12.7. The van der Waals surface area contributed by atoms with Crippen molar-refractivity contribution in [3.8, 4) is 11.1 Å². The molecule has 2 aromatic rings. The van der Waals surface area contributed by atoms with Crippen molar-refractivity contribution in [3.05, 3.63) is 47.8 Å². The summed E-state index contributed by atoms with van der Waals surface area (Å²) in [7, 11) is 0. The highest BCUT2D eigenvalue weighted by Gasteiger charge is 2.70. The Hall–Kier alpha value is -3.80. The molecule has 39 heavy (non-hydrogen) atoms. The molecule has 2 aliphatic heterocycles. The second-order valence-corrected chi connectivity index (χ2v) is 11.0. The average Bonchev–Trinajstić information content (AvgIpc) is 3.18. The molecular weight excluding hydrogens is 514 g/mol. The SMILES string of the molecule is CC(=O)NC[C@H]1CN(c2cc(F)c(-c3ccc([C@@]4(NC(=O)OC(C)(C)C)[C@@H]5COC[C@@H]54)nc3)c(F)c2)C(=O)O1. The summed E-state index contributed by atoms with van der Waals surface area (Å²) in [5, 5.41) is 5.51. The number of aromatic nitrogens is 1. The number of fused-ring (bicyclic) bond motifs is 1. The minimum Gasteiger partial charge on any atom is -0.444 e. The fraction of sp³-hybridized carbons (Fsp3) is 0.481. The lowest BCUT2D eigenvalue weighted by Crippen LogP contribution is -2.43. The standard InChI is InChI=1S/C27H30F2N4O6/c1-14(34)30-10-17-11-33(25(36)38-17)16-7-20(28)23(21(29)8-16)15-5-6-22(31-9-15)27(18-12-37-13-19(18)27)32-24(35)39-26(2,3)4/h5-9,17-19H,10-13H2,1-4H3,(H,30,34)(H,32,35)/t17-,18-,19+,27-/m0/s1. The van der Waals surface area contributed by atoms with Gasteiger partial charge in [0.25, 0.3) is 0 Å². The van der Waals surface area contributed by atoms with E-state index in [1.165, 1.54) is 13.1 Å². The van der Waals surface area contributed by atoms with E-state index in [2.05, 4.69) is 15.6 Å². The number of hydrogen-bond acceptors (Lipinski definition) is 7. The van der Waals surface area contributed by atoms with Crippen molar-refractivity contribution in [3.63, 3.8) is 0 Å². The van der Waals surface area contributed by atoms with Crippen LogP contribution in [0, 0.1) is 23.5 Å². The molecule has 0 unspecified atom stereocenters. The van der Waals surface area contributed by atoms with E-state index >= 15 is 8.78 Å². The van der Waals surface area contributed by atoms with Gasteiger partial charge in [-0.2, -0.15) is 0 Å². The maximum absolute atomic E-state index is 15.2. The summed E-state index contributed by atoms with van der Waals surface area (Å²) < 4.78 is 46.5. The van der Waals surface area contributed by atoms with Crippen molar-refractivity contribution in [2.24, 2.45) is 11.8 Å². The van der Waals surface area contributed by atoms with Gasteiger partial charge in [0.15, 0.2) is 0 Å². The van der Waals surface area contributed by atoms with Crippen LogP contribution < -0.4 is 15.5 Å². The Morgan fingerprint density at radius 2 is 1.85 bits per heavy atom. The van der Waals surface area contributed by atoms with Gasteiger partial charge in [0.2, 0.25) is 5.91 Å². The molecule has 3 amide bonds. The van der Waals surface area contributed by atoms with Gasteiger partial charge in [-0.1, -0.05) is 6.07 Å². The van der Waals surface area contributed by atoms with Crippen molar-refractivity contribution in [2.45, 2.75) is 44.9 Å². The van der Waals surface area contributed by atoms with Gasteiger partial charge >= 0.3 is 12.2 Å². The fourth-order valence-corrected chi connectivity index (χ4v) is 5.33. The number of nitrogens with zero attached hydrogens (tertiary/aromatic N) is 2. The number of carbonyl (C=O) groups excluding carboxylic acids is 3. The molecule has 1 aliphatic carbocycles. The van der Waals surface area contributed by atoms with Gasteiger partial charge in [-0.05, 0) is 39.0 Å². The van der Waals surface area contributed by atoms with Crippen molar-refractivity contribution >= 4 is 23.8 Å². The quantitative estimate of drug-likeness (QED) is 0.572. The summed E-state index contributed by atoms with van der Waals surface area (Å²) in [5.74, 6) is -2.00. The topological polar surface area (TPSA) is 119 Å². The molecule has 1 saturated carbocycles. The zero-order valence-corrected chi connectivity index (χ0v) is 22.0. The Morgan fingerprint density at radius 3 is 2.41 bits per heavy atom. The third-order valence-corrected chi connectivity index (χ3v) is 7.12. The molecule has 1 aromatic carbocycles. The largest absolute Gasteiger partial charge is 0.444 e. The maximum Gasteiger partial charge on any atom is 0.414 e. The van der Waals surface area contributed by atoms with E-state index in [1.54, 1.807) is 32.9 Å². The van der Waals surface area contributed by atoms with E-state index < -0.39 is 41.1 Å². The Balaban J connectivity index is 1.36. The predicted molar refractivity (Wildman–Crippen MR) is 135 cm³/mol. The number of nitrogens with one attached hydrogen (secondary N) is 2. The molecule has 2 saturated heterocycles. The molecule has 10 nitrogen and oxygen atoms in total. The minimum absolute atomic E-state index is 0.0000245. The maximum atomic E-state index is 15.2. The number of rotatable bonds is 6. The number of ether oxygens (including phenoxy) is 3. The molecule has 1 aromatic heterocycles. The van der Waals surface area contributed by atoms with Crippen LogP contribution in [0.25, 0.3) is 11.1 Å². The summed E-state index contributed by atoms with van der Waals surface area (Å²) in [4.78, 5) is 41.6. The van der Waals surface area contributed by atoms with Crippen molar-refractivity contribution < 1.29 is 37.4 Å². The first-order chi connectivity index (χ1) is 18.4. The Morgan fingerprint density at radius 1 is 1.18 bits per heavy atom. The minimum atomic E-state index is -0.879. The molecular formula is C27H30F2N4O6. The lowest BCUT2D eigenvalue weighted by atomic mass is 10.0. The van der Waals surface area contributed by atoms with Crippen LogP contribution in [0.15, 0.2) is 30.5 Å². The summed E-state index contributed by atoms with van der Waals surface area (Å²) in [6.07, 6.45) is -0.616. The second kappa shape index (κ2) is 9.74. The Kier molecular flexibility index (Phi) is 6.69. The number of halogens is 2. The molecule has 0 bridgehead atoms. The molecule has 5 rings (SSSR count). The van der Waals surface area contributed by atoms with Crippen LogP contribution >= 0.6 is 0 Å². The van der Waals surface area contributed by atoms with Gasteiger partial charge in [-0.15, -0.1) is 0 Å². The number of benzene rings is 1. The monoisotopic (exact) mass is 544 g/mol. The molecule has 3 heterocycles. The molecule has 12 heteroatoms. The normalized spacial score (nSPS) is 25.6. The van der Waals surface area contributed by atoms with Crippen molar-refractivity contribution in [1.82, 2.24) is 15.6 Å². The lowest BCUT2D eigenvalue weighted by molar-refractivity contribution is -0.119. The lowest BCUT2D eigenvalue weighted by Gasteiger charge is -2.26. The number of pyridine rings is 1. The van der Waals surface area contributed by atoms with Crippen molar-refractivity contribution in [2.75, 3.05) is 31.2 Å². The van der Waals surface area contributed by atoms with E-state index in [0.29, 0.717) is 18.9 Å². The van der Waals surface area contributed by atoms with E-state index in [4.69, 9.17) is 14.2 Å². The van der Waals surface area contributed by atoms with Crippen LogP contribution in [0.4, 0.5) is 24.1 Å².